The number of benzene rings is 1. The standard InChI is InChI=1S/C19H20N4OS2/c1-14-12-15(8-10-20-14)18-13-25-19(23-18)22-16-4-6-17(7-5-16)26(24)11-3-2-9-21-26/h4-8,10,12-13H,2-3,9,11H2,1H3,(H,22,23). The van der Waals surface area contributed by atoms with Gasteiger partial charge in [0.15, 0.2) is 5.13 Å². The second-order valence-corrected chi connectivity index (χ2v) is 9.55. The summed E-state index contributed by atoms with van der Waals surface area (Å²) < 4.78 is 17.2. The van der Waals surface area contributed by atoms with Crippen LogP contribution in [0.1, 0.15) is 18.5 Å². The minimum absolute atomic E-state index is 0.668. The summed E-state index contributed by atoms with van der Waals surface area (Å²) in [7, 11) is -2.22. The highest BCUT2D eigenvalue weighted by atomic mass is 32.2. The number of anilines is 2. The lowest BCUT2D eigenvalue weighted by molar-refractivity contribution is 0.658. The topological polar surface area (TPSA) is 67.2 Å². The molecule has 1 aliphatic rings. The summed E-state index contributed by atoms with van der Waals surface area (Å²) in [5.74, 6) is 0.668. The van der Waals surface area contributed by atoms with Crippen LogP contribution >= 0.6 is 11.3 Å². The Bertz CT molecular complexity index is 1030. The first kappa shape index (κ1) is 17.2. The van der Waals surface area contributed by atoms with E-state index in [0.717, 1.165) is 45.5 Å². The number of aromatic nitrogens is 2. The van der Waals surface area contributed by atoms with Crippen molar-refractivity contribution in [3.8, 4) is 11.3 Å². The van der Waals surface area contributed by atoms with Crippen LogP contribution in [0.2, 0.25) is 0 Å². The monoisotopic (exact) mass is 384 g/mol. The van der Waals surface area contributed by atoms with Crippen LogP contribution in [0.3, 0.4) is 0 Å². The van der Waals surface area contributed by atoms with E-state index in [9.17, 15) is 4.21 Å². The smallest absolute Gasteiger partial charge is 0.187 e. The van der Waals surface area contributed by atoms with Crippen LogP contribution in [0.15, 0.2) is 57.2 Å². The van der Waals surface area contributed by atoms with E-state index < -0.39 is 9.73 Å². The Morgan fingerprint density at radius 2 is 2.00 bits per heavy atom. The van der Waals surface area contributed by atoms with Gasteiger partial charge in [0.1, 0.15) is 0 Å². The fraction of sp³-hybridized carbons (Fsp3) is 0.263. The van der Waals surface area contributed by atoms with E-state index in [-0.39, 0.29) is 0 Å². The van der Waals surface area contributed by atoms with Gasteiger partial charge >= 0.3 is 0 Å². The molecule has 1 N–H and O–H groups in total. The van der Waals surface area contributed by atoms with E-state index in [0.29, 0.717) is 12.3 Å². The number of pyridine rings is 1. The highest BCUT2D eigenvalue weighted by Gasteiger charge is 2.15. The van der Waals surface area contributed by atoms with Gasteiger partial charge in [0.25, 0.3) is 0 Å². The van der Waals surface area contributed by atoms with Crippen molar-refractivity contribution >= 4 is 31.9 Å². The number of rotatable bonds is 4. The Kier molecular flexibility index (Phi) is 4.74. The van der Waals surface area contributed by atoms with Gasteiger partial charge in [-0.3, -0.25) is 4.98 Å². The lowest BCUT2D eigenvalue weighted by Crippen LogP contribution is -2.12. The van der Waals surface area contributed by atoms with E-state index >= 15 is 0 Å². The SMILES string of the molecule is Cc1cc(-c2csc(Nc3ccc(S4(=O)=NCCCC4)cc3)n2)ccn1. The fourth-order valence-corrected chi connectivity index (χ4v) is 5.76. The summed E-state index contributed by atoms with van der Waals surface area (Å²) in [5.41, 5.74) is 3.90. The van der Waals surface area contributed by atoms with Crippen LogP contribution in [0, 0.1) is 6.92 Å². The molecule has 0 spiro atoms. The molecule has 0 aliphatic carbocycles. The maximum atomic E-state index is 12.9. The first-order valence-electron chi connectivity index (χ1n) is 8.59. The van der Waals surface area contributed by atoms with Crippen molar-refractivity contribution in [1.82, 2.24) is 9.97 Å². The van der Waals surface area contributed by atoms with Crippen LogP contribution in [0.5, 0.6) is 0 Å². The quantitative estimate of drug-likeness (QED) is 0.696. The predicted molar refractivity (Wildman–Crippen MR) is 108 cm³/mol. The lowest BCUT2D eigenvalue weighted by atomic mass is 10.2. The normalized spacial score (nSPS) is 19.7. The molecule has 1 atom stereocenters. The number of nitrogens with one attached hydrogen (secondary N) is 1. The molecule has 3 heterocycles. The molecule has 0 saturated carbocycles. The summed E-state index contributed by atoms with van der Waals surface area (Å²) in [6.07, 6.45) is 3.83. The minimum Gasteiger partial charge on any atom is -0.332 e. The fourth-order valence-electron chi connectivity index (χ4n) is 2.92. The van der Waals surface area contributed by atoms with Gasteiger partial charge < -0.3 is 5.32 Å². The van der Waals surface area contributed by atoms with Crippen molar-refractivity contribution < 1.29 is 4.21 Å². The van der Waals surface area contributed by atoms with Crippen LogP contribution in [0.4, 0.5) is 10.8 Å². The van der Waals surface area contributed by atoms with Crippen LogP contribution < -0.4 is 5.32 Å². The van der Waals surface area contributed by atoms with E-state index in [1.165, 1.54) is 0 Å². The highest BCUT2D eigenvalue weighted by Crippen LogP contribution is 2.28. The molecule has 0 fully saturated rings. The van der Waals surface area contributed by atoms with Crippen molar-refractivity contribution in [3.63, 3.8) is 0 Å². The Balaban J connectivity index is 1.52. The minimum atomic E-state index is -2.22. The Morgan fingerprint density at radius 1 is 1.15 bits per heavy atom. The van der Waals surface area contributed by atoms with Gasteiger partial charge in [-0.05, 0) is 56.2 Å². The van der Waals surface area contributed by atoms with Crippen molar-refractivity contribution in [1.29, 1.82) is 0 Å². The van der Waals surface area contributed by atoms with Crippen LogP contribution in [0.25, 0.3) is 11.3 Å². The molecule has 1 aromatic carbocycles. The van der Waals surface area contributed by atoms with Crippen LogP contribution in [-0.2, 0) is 9.73 Å². The molecule has 134 valence electrons. The second kappa shape index (κ2) is 7.17. The Hall–Kier alpha value is -2.25. The van der Waals surface area contributed by atoms with Gasteiger partial charge in [0.05, 0.1) is 15.4 Å². The number of hydrogen-bond acceptors (Lipinski definition) is 6. The molecule has 26 heavy (non-hydrogen) atoms. The molecular weight excluding hydrogens is 364 g/mol. The molecule has 7 heteroatoms. The number of nitrogens with zero attached hydrogens (tertiary/aromatic N) is 3. The van der Waals surface area contributed by atoms with E-state index in [4.69, 9.17) is 0 Å². The number of aryl methyl sites for hydroxylation is 1. The van der Waals surface area contributed by atoms with Crippen molar-refractivity contribution in [3.05, 3.63) is 53.7 Å². The summed E-state index contributed by atoms with van der Waals surface area (Å²) in [6.45, 7) is 2.68. The molecule has 3 aromatic rings. The van der Waals surface area contributed by atoms with Gasteiger partial charge in [-0.25, -0.2) is 13.6 Å². The van der Waals surface area contributed by atoms with Gasteiger partial charge in [-0.15, -0.1) is 11.3 Å². The molecule has 0 bridgehead atoms. The van der Waals surface area contributed by atoms with Crippen molar-refractivity contribution in [2.75, 3.05) is 17.6 Å². The highest BCUT2D eigenvalue weighted by molar-refractivity contribution is 7.93. The Labute approximate surface area is 157 Å². The molecule has 0 saturated heterocycles. The third kappa shape index (κ3) is 3.64. The largest absolute Gasteiger partial charge is 0.332 e. The Morgan fingerprint density at radius 3 is 2.73 bits per heavy atom. The zero-order valence-corrected chi connectivity index (χ0v) is 16.1. The van der Waals surface area contributed by atoms with Gasteiger partial charge in [-0.2, -0.15) is 0 Å². The van der Waals surface area contributed by atoms with E-state index in [1.54, 1.807) is 17.5 Å². The zero-order valence-electron chi connectivity index (χ0n) is 14.5. The van der Waals surface area contributed by atoms with Gasteiger partial charge in [0, 0.05) is 45.7 Å². The second-order valence-electron chi connectivity index (χ2n) is 6.28. The van der Waals surface area contributed by atoms with Gasteiger partial charge in [-0.1, -0.05) is 0 Å². The first-order chi connectivity index (χ1) is 12.6. The van der Waals surface area contributed by atoms with E-state index in [1.807, 2.05) is 48.7 Å². The molecule has 0 radical (unpaired) electrons. The number of thiazole rings is 1. The zero-order chi connectivity index (χ0) is 18.0. The average molecular weight is 385 g/mol. The maximum absolute atomic E-state index is 12.9. The third-order valence-corrected chi connectivity index (χ3v) is 7.51. The predicted octanol–water partition coefficient (Wildman–Crippen LogP) is 4.88. The lowest BCUT2D eigenvalue weighted by Gasteiger charge is -2.15. The average Bonchev–Trinajstić information content (AvgIpc) is 3.11. The molecule has 2 aromatic heterocycles. The third-order valence-electron chi connectivity index (χ3n) is 4.30. The summed E-state index contributed by atoms with van der Waals surface area (Å²) >= 11 is 1.56. The van der Waals surface area contributed by atoms with Crippen molar-refractivity contribution in [2.24, 2.45) is 4.36 Å². The molecule has 1 unspecified atom stereocenters. The number of hydrogen-bond donors (Lipinski definition) is 1. The summed E-state index contributed by atoms with van der Waals surface area (Å²) in [4.78, 5) is 9.70. The first-order valence-corrected chi connectivity index (χ1v) is 11.2. The molecular formula is C19H20N4OS2. The van der Waals surface area contributed by atoms with E-state index in [2.05, 4.69) is 19.6 Å². The van der Waals surface area contributed by atoms with Gasteiger partial charge in [0.2, 0.25) is 0 Å². The molecule has 1 aliphatic heterocycles. The van der Waals surface area contributed by atoms with Crippen molar-refractivity contribution in [2.45, 2.75) is 24.7 Å². The molecule has 5 nitrogen and oxygen atoms in total. The summed E-state index contributed by atoms with van der Waals surface area (Å²) in [5, 5.41) is 6.18. The maximum Gasteiger partial charge on any atom is 0.187 e. The molecule has 4 rings (SSSR count). The summed E-state index contributed by atoms with van der Waals surface area (Å²) in [6, 6.07) is 11.7. The molecule has 0 amide bonds. The van der Waals surface area contributed by atoms with Crippen LogP contribution in [-0.4, -0.2) is 26.5 Å².